The molecule has 0 bridgehead atoms. The zero-order chi connectivity index (χ0) is 16.1. The van der Waals surface area contributed by atoms with Crippen molar-refractivity contribution in [1.82, 2.24) is 0 Å². The van der Waals surface area contributed by atoms with E-state index < -0.39 is 23.4 Å². The maximum Gasteiger partial charge on any atom is 0.243 e. The summed E-state index contributed by atoms with van der Waals surface area (Å²) < 4.78 is 39.3. The van der Waals surface area contributed by atoms with E-state index in [-0.39, 0.29) is 12.2 Å². The molecule has 3 nitrogen and oxygen atoms in total. The van der Waals surface area contributed by atoms with Crippen molar-refractivity contribution in [2.75, 3.05) is 17.2 Å². The quantitative estimate of drug-likeness (QED) is 0.827. The van der Waals surface area contributed by atoms with E-state index >= 15 is 0 Å². The molecule has 0 radical (unpaired) electrons. The van der Waals surface area contributed by atoms with Crippen LogP contribution in [0.15, 0.2) is 36.4 Å². The van der Waals surface area contributed by atoms with Gasteiger partial charge in [0.2, 0.25) is 5.91 Å². The minimum Gasteiger partial charge on any atom is -0.374 e. The van der Waals surface area contributed by atoms with E-state index in [4.69, 9.17) is 0 Å². The largest absolute Gasteiger partial charge is 0.374 e. The highest BCUT2D eigenvalue weighted by atomic mass is 19.2. The van der Waals surface area contributed by atoms with Gasteiger partial charge in [0.15, 0.2) is 17.5 Å². The summed E-state index contributed by atoms with van der Waals surface area (Å²) >= 11 is 0. The van der Waals surface area contributed by atoms with Crippen LogP contribution in [0.25, 0.3) is 0 Å². The molecule has 1 amide bonds. The lowest BCUT2D eigenvalue weighted by Gasteiger charge is -2.11. The molecule has 0 aliphatic heterocycles. The summed E-state index contributed by atoms with van der Waals surface area (Å²) in [4.78, 5) is 11.9. The van der Waals surface area contributed by atoms with Crippen molar-refractivity contribution in [3.05, 3.63) is 59.4 Å². The first-order valence-electron chi connectivity index (χ1n) is 6.78. The van der Waals surface area contributed by atoms with E-state index in [9.17, 15) is 18.0 Å². The third-order valence-electron chi connectivity index (χ3n) is 3.15. The number of hydrogen-bond donors (Lipinski definition) is 2. The maximum absolute atomic E-state index is 13.4. The van der Waals surface area contributed by atoms with Crippen molar-refractivity contribution in [3.8, 4) is 0 Å². The summed E-state index contributed by atoms with van der Waals surface area (Å²) in [6.45, 7) is 1.69. The number of carbonyl (C=O) groups excluding carboxylic acids is 1. The van der Waals surface area contributed by atoms with Gasteiger partial charge in [-0.1, -0.05) is 25.1 Å². The standard InChI is InChI=1S/C16H15F3N2O/c1-2-10-5-3-4-6-12(10)21-14(22)9-20-13-8-7-11(17)15(18)16(13)19/h3-8,20H,2,9H2,1H3,(H,21,22). The van der Waals surface area contributed by atoms with Gasteiger partial charge in [-0.15, -0.1) is 0 Å². The van der Waals surface area contributed by atoms with Gasteiger partial charge in [-0.2, -0.15) is 0 Å². The molecule has 6 heteroatoms. The predicted molar refractivity (Wildman–Crippen MR) is 79.3 cm³/mol. The number of amides is 1. The number of aryl methyl sites for hydroxylation is 1. The molecule has 22 heavy (non-hydrogen) atoms. The van der Waals surface area contributed by atoms with Gasteiger partial charge in [0.25, 0.3) is 0 Å². The fraction of sp³-hybridized carbons (Fsp3) is 0.188. The van der Waals surface area contributed by atoms with E-state index in [0.717, 1.165) is 24.1 Å². The minimum absolute atomic E-state index is 0.264. The highest BCUT2D eigenvalue weighted by Crippen LogP contribution is 2.19. The highest BCUT2D eigenvalue weighted by Gasteiger charge is 2.14. The number of hydrogen-bond acceptors (Lipinski definition) is 2. The molecular formula is C16H15F3N2O. The van der Waals surface area contributed by atoms with Gasteiger partial charge in [0.1, 0.15) is 0 Å². The van der Waals surface area contributed by atoms with E-state index in [1.54, 1.807) is 12.1 Å². The van der Waals surface area contributed by atoms with E-state index in [2.05, 4.69) is 10.6 Å². The molecule has 116 valence electrons. The first kappa shape index (κ1) is 15.9. The van der Waals surface area contributed by atoms with Gasteiger partial charge < -0.3 is 10.6 Å². The van der Waals surface area contributed by atoms with Gasteiger partial charge in [-0.05, 0) is 30.2 Å². The highest BCUT2D eigenvalue weighted by molar-refractivity contribution is 5.94. The van der Waals surface area contributed by atoms with E-state index in [1.807, 2.05) is 19.1 Å². The zero-order valence-corrected chi connectivity index (χ0v) is 11.9. The number of halogens is 3. The molecule has 2 N–H and O–H groups in total. The van der Waals surface area contributed by atoms with E-state index in [1.165, 1.54) is 0 Å². The normalized spacial score (nSPS) is 10.4. The summed E-state index contributed by atoms with van der Waals surface area (Å²) in [6, 6.07) is 9.14. The molecule has 0 saturated heterocycles. The van der Waals surface area contributed by atoms with Crippen LogP contribution in [0, 0.1) is 17.5 Å². The molecule has 0 aromatic heterocycles. The van der Waals surface area contributed by atoms with Crippen LogP contribution in [0.1, 0.15) is 12.5 Å². The van der Waals surface area contributed by atoms with Crippen LogP contribution in [0.3, 0.4) is 0 Å². The molecule has 0 aliphatic carbocycles. The van der Waals surface area contributed by atoms with Crippen LogP contribution in [-0.2, 0) is 11.2 Å². The molecule has 2 rings (SSSR count). The second kappa shape index (κ2) is 6.98. The second-order valence-corrected chi connectivity index (χ2v) is 4.64. The van der Waals surface area contributed by atoms with Gasteiger partial charge in [0, 0.05) is 5.69 Å². The summed E-state index contributed by atoms with van der Waals surface area (Å²) in [5.74, 6) is -4.60. The Morgan fingerprint density at radius 2 is 1.73 bits per heavy atom. The van der Waals surface area contributed by atoms with Gasteiger partial charge in [-0.3, -0.25) is 4.79 Å². The molecule has 0 heterocycles. The smallest absolute Gasteiger partial charge is 0.243 e. The molecule has 0 fully saturated rings. The third-order valence-corrected chi connectivity index (χ3v) is 3.15. The molecule has 0 aliphatic rings. The molecule has 2 aromatic carbocycles. The van der Waals surface area contributed by atoms with Crippen LogP contribution < -0.4 is 10.6 Å². The molecule has 0 saturated carbocycles. The first-order chi connectivity index (χ1) is 10.5. The summed E-state index contributed by atoms with van der Waals surface area (Å²) in [6.07, 6.45) is 0.752. The maximum atomic E-state index is 13.4. The van der Waals surface area contributed by atoms with Crippen molar-refractivity contribution in [2.24, 2.45) is 0 Å². The zero-order valence-electron chi connectivity index (χ0n) is 11.9. The monoisotopic (exact) mass is 308 g/mol. The van der Waals surface area contributed by atoms with Crippen molar-refractivity contribution in [2.45, 2.75) is 13.3 Å². The Kier molecular flexibility index (Phi) is 5.04. The van der Waals surface area contributed by atoms with Gasteiger partial charge in [-0.25, -0.2) is 13.2 Å². The fourth-order valence-corrected chi connectivity index (χ4v) is 1.98. The lowest BCUT2D eigenvalue weighted by molar-refractivity contribution is -0.114. The number of rotatable bonds is 5. The number of nitrogens with one attached hydrogen (secondary N) is 2. The van der Waals surface area contributed by atoms with Gasteiger partial charge in [0.05, 0.1) is 12.2 Å². The molecule has 0 unspecified atom stereocenters. The number of para-hydroxylation sites is 1. The lowest BCUT2D eigenvalue weighted by Crippen LogP contribution is -2.23. The van der Waals surface area contributed by atoms with E-state index in [0.29, 0.717) is 5.69 Å². The second-order valence-electron chi connectivity index (χ2n) is 4.64. The predicted octanol–water partition coefficient (Wildman–Crippen LogP) is 3.72. The van der Waals surface area contributed by atoms with Crippen molar-refractivity contribution < 1.29 is 18.0 Å². The summed E-state index contributed by atoms with van der Waals surface area (Å²) in [5.41, 5.74) is 1.37. The Morgan fingerprint density at radius 1 is 1.00 bits per heavy atom. The Hall–Kier alpha value is -2.50. The molecule has 0 atom stereocenters. The van der Waals surface area contributed by atoms with Crippen molar-refractivity contribution >= 4 is 17.3 Å². The number of benzene rings is 2. The lowest BCUT2D eigenvalue weighted by atomic mass is 10.1. The number of carbonyl (C=O) groups is 1. The van der Waals surface area contributed by atoms with Crippen molar-refractivity contribution in [3.63, 3.8) is 0 Å². The fourth-order valence-electron chi connectivity index (χ4n) is 1.98. The van der Waals surface area contributed by atoms with Crippen LogP contribution in [0.4, 0.5) is 24.5 Å². The van der Waals surface area contributed by atoms with Crippen LogP contribution in [0.2, 0.25) is 0 Å². The molecule has 2 aromatic rings. The van der Waals surface area contributed by atoms with Crippen molar-refractivity contribution in [1.29, 1.82) is 0 Å². The first-order valence-corrected chi connectivity index (χ1v) is 6.78. The Labute approximate surface area is 126 Å². The Morgan fingerprint density at radius 3 is 2.45 bits per heavy atom. The minimum atomic E-state index is -1.57. The summed E-state index contributed by atoms with van der Waals surface area (Å²) in [7, 11) is 0. The van der Waals surface area contributed by atoms with Crippen LogP contribution >= 0.6 is 0 Å². The summed E-state index contributed by atoms with van der Waals surface area (Å²) in [5, 5.41) is 5.13. The average Bonchev–Trinajstić information content (AvgIpc) is 2.52. The Bertz CT molecular complexity index is 689. The molecular weight excluding hydrogens is 293 g/mol. The topological polar surface area (TPSA) is 41.1 Å². The average molecular weight is 308 g/mol. The van der Waals surface area contributed by atoms with Gasteiger partial charge >= 0.3 is 0 Å². The number of anilines is 2. The van der Waals surface area contributed by atoms with Crippen LogP contribution in [-0.4, -0.2) is 12.5 Å². The Balaban J connectivity index is 2.00. The SMILES string of the molecule is CCc1ccccc1NC(=O)CNc1ccc(F)c(F)c1F. The third kappa shape index (κ3) is 3.58. The van der Waals surface area contributed by atoms with Crippen LogP contribution in [0.5, 0.6) is 0 Å². The molecule has 0 spiro atoms.